The zero-order valence-electron chi connectivity index (χ0n) is 14.4. The molecule has 1 heterocycles. The van der Waals surface area contributed by atoms with E-state index >= 15 is 0 Å². The Balaban J connectivity index is 2.05. The zero-order chi connectivity index (χ0) is 18.4. The highest BCUT2D eigenvalue weighted by Crippen LogP contribution is 2.14. The van der Waals surface area contributed by atoms with Crippen molar-refractivity contribution in [2.45, 2.75) is 18.2 Å². The number of aromatic nitrogens is 1. The Labute approximate surface area is 147 Å². The van der Waals surface area contributed by atoms with E-state index in [1.165, 1.54) is 24.3 Å². The van der Waals surface area contributed by atoms with Crippen molar-refractivity contribution in [2.75, 3.05) is 32.5 Å². The molecular formula is C16H22N4O4S. The number of anilines is 1. The van der Waals surface area contributed by atoms with E-state index in [0.29, 0.717) is 18.7 Å². The van der Waals surface area contributed by atoms with Crippen LogP contribution in [0.25, 0.3) is 0 Å². The van der Waals surface area contributed by atoms with Crippen molar-refractivity contribution < 1.29 is 17.7 Å². The summed E-state index contributed by atoms with van der Waals surface area (Å²) in [6, 6.07) is 7.41. The van der Waals surface area contributed by atoms with Gasteiger partial charge in [-0.3, -0.25) is 4.79 Å². The molecule has 0 saturated carbocycles. The van der Waals surface area contributed by atoms with Crippen LogP contribution < -0.4 is 10.0 Å². The minimum Gasteiger partial charge on any atom is -0.360 e. The minimum absolute atomic E-state index is 0.0429. The van der Waals surface area contributed by atoms with Gasteiger partial charge in [-0.25, -0.2) is 13.1 Å². The fourth-order valence-corrected chi connectivity index (χ4v) is 3.22. The van der Waals surface area contributed by atoms with Crippen LogP contribution in [0.5, 0.6) is 0 Å². The third-order valence-electron chi connectivity index (χ3n) is 3.35. The number of carbonyl (C=O) groups is 1. The van der Waals surface area contributed by atoms with Gasteiger partial charge in [0.1, 0.15) is 5.76 Å². The van der Waals surface area contributed by atoms with Gasteiger partial charge in [0.15, 0.2) is 5.82 Å². The second-order valence-corrected chi connectivity index (χ2v) is 7.63. The molecule has 0 aliphatic carbocycles. The predicted octanol–water partition coefficient (Wildman–Crippen LogP) is 1.47. The highest BCUT2D eigenvalue weighted by molar-refractivity contribution is 7.89. The first-order chi connectivity index (χ1) is 11.8. The molecule has 9 heteroatoms. The first-order valence-corrected chi connectivity index (χ1v) is 9.25. The Morgan fingerprint density at radius 2 is 2.04 bits per heavy atom. The second-order valence-electron chi connectivity index (χ2n) is 5.86. The number of carbonyl (C=O) groups excluding carboxylic acids is 1. The molecule has 2 aromatic rings. The highest BCUT2D eigenvalue weighted by Gasteiger charge is 2.16. The Kier molecular flexibility index (Phi) is 6.29. The van der Waals surface area contributed by atoms with Gasteiger partial charge in [0.05, 0.1) is 4.90 Å². The van der Waals surface area contributed by atoms with Gasteiger partial charge in [-0.05, 0) is 52.2 Å². The number of nitrogens with zero attached hydrogens (tertiary/aromatic N) is 2. The lowest BCUT2D eigenvalue weighted by atomic mass is 10.2. The van der Waals surface area contributed by atoms with E-state index in [1.54, 1.807) is 13.0 Å². The zero-order valence-corrected chi connectivity index (χ0v) is 15.3. The van der Waals surface area contributed by atoms with Gasteiger partial charge in [-0.15, -0.1) is 0 Å². The third kappa shape index (κ3) is 5.66. The van der Waals surface area contributed by atoms with Gasteiger partial charge in [-0.1, -0.05) is 11.2 Å². The molecule has 1 aromatic carbocycles. The molecule has 1 aromatic heterocycles. The number of sulfonamides is 1. The smallest absolute Gasteiger partial charge is 0.256 e. The number of hydrogen-bond donors (Lipinski definition) is 2. The van der Waals surface area contributed by atoms with Gasteiger partial charge >= 0.3 is 0 Å². The number of nitrogens with one attached hydrogen (secondary N) is 2. The molecular weight excluding hydrogens is 344 g/mol. The SMILES string of the molecule is Cc1cc(NC(=O)c2cccc(S(=O)(=O)NCCCN(C)C)c2)no1. The van der Waals surface area contributed by atoms with Gasteiger partial charge < -0.3 is 14.7 Å². The van der Waals surface area contributed by atoms with Crippen LogP contribution in [-0.2, 0) is 10.0 Å². The maximum atomic E-state index is 12.3. The van der Waals surface area contributed by atoms with Crippen LogP contribution >= 0.6 is 0 Å². The Bertz CT molecular complexity index is 830. The lowest BCUT2D eigenvalue weighted by molar-refractivity contribution is 0.102. The van der Waals surface area contributed by atoms with Crippen LogP contribution in [0.4, 0.5) is 5.82 Å². The molecule has 0 aliphatic rings. The van der Waals surface area contributed by atoms with E-state index in [-0.39, 0.29) is 16.3 Å². The summed E-state index contributed by atoms with van der Waals surface area (Å²) in [7, 11) is 0.181. The molecule has 0 radical (unpaired) electrons. The average molecular weight is 366 g/mol. The number of amides is 1. The summed E-state index contributed by atoms with van der Waals surface area (Å²) >= 11 is 0. The van der Waals surface area contributed by atoms with Gasteiger partial charge in [0.2, 0.25) is 10.0 Å². The molecule has 25 heavy (non-hydrogen) atoms. The summed E-state index contributed by atoms with van der Waals surface area (Å²) < 4.78 is 32.1. The third-order valence-corrected chi connectivity index (χ3v) is 4.81. The number of aryl methyl sites for hydroxylation is 1. The fourth-order valence-electron chi connectivity index (χ4n) is 2.10. The highest BCUT2D eigenvalue weighted by atomic mass is 32.2. The van der Waals surface area contributed by atoms with Crippen molar-refractivity contribution in [2.24, 2.45) is 0 Å². The summed E-state index contributed by atoms with van der Waals surface area (Å²) in [5.41, 5.74) is 0.219. The van der Waals surface area contributed by atoms with Gasteiger partial charge in [-0.2, -0.15) is 0 Å². The van der Waals surface area contributed by atoms with Gasteiger partial charge in [0, 0.05) is 18.2 Å². The quantitative estimate of drug-likeness (QED) is 0.686. The van der Waals surface area contributed by atoms with Crippen molar-refractivity contribution in [3.8, 4) is 0 Å². The van der Waals surface area contributed by atoms with Crippen molar-refractivity contribution in [1.29, 1.82) is 0 Å². The molecule has 0 fully saturated rings. The topological polar surface area (TPSA) is 105 Å². The maximum Gasteiger partial charge on any atom is 0.256 e. The molecule has 0 spiro atoms. The molecule has 0 atom stereocenters. The van der Waals surface area contributed by atoms with E-state index in [2.05, 4.69) is 15.2 Å². The van der Waals surface area contributed by atoms with Crippen molar-refractivity contribution in [1.82, 2.24) is 14.8 Å². The molecule has 0 unspecified atom stereocenters. The van der Waals surface area contributed by atoms with E-state index in [4.69, 9.17) is 4.52 Å². The van der Waals surface area contributed by atoms with Crippen LogP contribution in [0.3, 0.4) is 0 Å². The Hall–Kier alpha value is -2.23. The van der Waals surface area contributed by atoms with Crippen molar-refractivity contribution in [3.63, 3.8) is 0 Å². The van der Waals surface area contributed by atoms with E-state index in [9.17, 15) is 13.2 Å². The monoisotopic (exact) mass is 366 g/mol. The number of benzene rings is 1. The molecule has 0 saturated heterocycles. The molecule has 136 valence electrons. The summed E-state index contributed by atoms with van der Waals surface area (Å²) in [6.07, 6.45) is 0.692. The summed E-state index contributed by atoms with van der Waals surface area (Å²) in [5, 5.41) is 6.23. The summed E-state index contributed by atoms with van der Waals surface area (Å²) in [6.45, 7) is 2.81. The van der Waals surface area contributed by atoms with Crippen LogP contribution in [0.15, 0.2) is 39.8 Å². The normalized spacial score (nSPS) is 11.7. The van der Waals surface area contributed by atoms with Crippen molar-refractivity contribution in [3.05, 3.63) is 41.7 Å². The maximum absolute atomic E-state index is 12.3. The molecule has 8 nitrogen and oxygen atoms in total. The lowest BCUT2D eigenvalue weighted by Gasteiger charge is -2.11. The Morgan fingerprint density at radius 1 is 1.28 bits per heavy atom. The van der Waals surface area contributed by atoms with E-state index < -0.39 is 15.9 Å². The fraction of sp³-hybridized carbons (Fsp3) is 0.375. The lowest BCUT2D eigenvalue weighted by Crippen LogP contribution is -2.27. The van der Waals surface area contributed by atoms with E-state index in [1.807, 2.05) is 19.0 Å². The molecule has 1 amide bonds. The molecule has 0 bridgehead atoms. The van der Waals surface area contributed by atoms with Crippen molar-refractivity contribution >= 4 is 21.7 Å². The van der Waals surface area contributed by atoms with Crippen LogP contribution in [0.1, 0.15) is 22.5 Å². The van der Waals surface area contributed by atoms with Crippen LogP contribution in [-0.4, -0.2) is 51.6 Å². The predicted molar refractivity (Wildman–Crippen MR) is 94.0 cm³/mol. The van der Waals surface area contributed by atoms with Gasteiger partial charge in [0.25, 0.3) is 5.91 Å². The number of rotatable bonds is 8. The average Bonchev–Trinajstić information content (AvgIpc) is 2.96. The minimum atomic E-state index is -3.67. The molecule has 2 N–H and O–H groups in total. The van der Waals surface area contributed by atoms with E-state index in [0.717, 1.165) is 6.54 Å². The summed E-state index contributed by atoms with van der Waals surface area (Å²) in [4.78, 5) is 14.2. The first-order valence-electron chi connectivity index (χ1n) is 7.77. The number of hydrogen-bond acceptors (Lipinski definition) is 6. The van der Waals surface area contributed by atoms with Crippen LogP contribution in [0, 0.1) is 6.92 Å². The van der Waals surface area contributed by atoms with Crippen LogP contribution in [0.2, 0.25) is 0 Å². The standard InChI is InChI=1S/C16H22N4O4S/c1-12-10-15(19-24-12)18-16(21)13-6-4-7-14(11-13)25(22,23)17-8-5-9-20(2)3/h4,6-7,10-11,17H,5,8-9H2,1-3H3,(H,18,19,21). The largest absolute Gasteiger partial charge is 0.360 e. The summed E-state index contributed by atoms with van der Waals surface area (Å²) in [5.74, 6) is 0.379. The molecule has 0 aliphatic heterocycles. The molecule has 2 rings (SSSR count). The second kappa shape index (κ2) is 8.24. The first kappa shape index (κ1) is 19.1. The Morgan fingerprint density at radius 3 is 2.68 bits per heavy atom.